The molecule has 1 atom stereocenters. The van der Waals surface area contributed by atoms with Crippen molar-refractivity contribution in [2.45, 2.75) is 37.3 Å². The van der Waals surface area contributed by atoms with Crippen LogP contribution in [0.2, 0.25) is 0 Å². The lowest BCUT2D eigenvalue weighted by Gasteiger charge is -2.29. The highest BCUT2D eigenvalue weighted by atomic mass is 32.2. The summed E-state index contributed by atoms with van der Waals surface area (Å²) in [5.41, 5.74) is -2.06. The van der Waals surface area contributed by atoms with E-state index < -0.39 is 49.7 Å². The second-order valence-electron chi connectivity index (χ2n) is 5.08. The van der Waals surface area contributed by atoms with Gasteiger partial charge in [0.2, 0.25) is 10.0 Å². The van der Waals surface area contributed by atoms with Crippen LogP contribution in [0.4, 0.5) is 8.78 Å². The van der Waals surface area contributed by atoms with Crippen LogP contribution in [0, 0.1) is 11.6 Å². The maximum absolute atomic E-state index is 13.7. The minimum atomic E-state index is -4.56. The number of halogens is 2. The summed E-state index contributed by atoms with van der Waals surface area (Å²) in [6.07, 6.45) is -1.12. The van der Waals surface area contributed by atoms with Crippen LogP contribution >= 0.6 is 0 Å². The molecule has 0 amide bonds. The molecule has 0 saturated carbocycles. The van der Waals surface area contributed by atoms with Crippen LogP contribution < -0.4 is 4.72 Å². The van der Waals surface area contributed by atoms with Gasteiger partial charge in [-0.25, -0.2) is 26.7 Å². The number of carbonyl (C=O) groups is 1. The van der Waals surface area contributed by atoms with Gasteiger partial charge in [-0.2, -0.15) is 0 Å². The van der Waals surface area contributed by atoms with Crippen LogP contribution in [0.1, 0.15) is 31.1 Å². The first-order valence-electron chi connectivity index (χ1n) is 5.83. The summed E-state index contributed by atoms with van der Waals surface area (Å²) in [5, 5.41) is 18.2. The maximum atomic E-state index is 13.7. The zero-order chi connectivity index (χ0) is 16.6. The Morgan fingerprint density at radius 3 is 2.29 bits per heavy atom. The predicted molar refractivity (Wildman–Crippen MR) is 69.4 cm³/mol. The lowest BCUT2D eigenvalue weighted by Crippen LogP contribution is -2.51. The molecule has 0 aliphatic carbocycles. The summed E-state index contributed by atoms with van der Waals surface area (Å²) < 4.78 is 53.2. The van der Waals surface area contributed by atoms with E-state index in [1.54, 1.807) is 0 Å². The molecule has 0 aliphatic heterocycles. The van der Waals surface area contributed by atoms with E-state index in [4.69, 9.17) is 5.11 Å². The number of aliphatic hydroxyl groups is 1. The molecule has 0 aliphatic rings. The Labute approximate surface area is 120 Å². The minimum Gasteiger partial charge on any atom is -0.478 e. The molecule has 21 heavy (non-hydrogen) atoms. The zero-order valence-corrected chi connectivity index (χ0v) is 12.3. The third kappa shape index (κ3) is 3.74. The number of nitrogens with one attached hydrogen (secondary N) is 1. The monoisotopic (exact) mass is 323 g/mol. The molecule has 6 nitrogen and oxygen atoms in total. The summed E-state index contributed by atoms with van der Waals surface area (Å²) in [6, 6.07) is 0.900. The molecule has 0 spiro atoms. The minimum absolute atomic E-state index is 0.385. The van der Waals surface area contributed by atoms with Gasteiger partial charge in [-0.15, -0.1) is 0 Å². The Bertz CT molecular complexity index is 670. The van der Waals surface area contributed by atoms with Gasteiger partial charge in [0.05, 0.1) is 17.2 Å². The fourth-order valence-corrected chi connectivity index (χ4v) is 2.96. The van der Waals surface area contributed by atoms with Crippen molar-refractivity contribution >= 4 is 16.0 Å². The third-order valence-corrected chi connectivity index (χ3v) is 4.64. The Balaban J connectivity index is 3.42. The summed E-state index contributed by atoms with van der Waals surface area (Å²) in [7, 11) is -4.56. The van der Waals surface area contributed by atoms with Crippen molar-refractivity contribution in [1.29, 1.82) is 0 Å². The topological polar surface area (TPSA) is 104 Å². The summed E-state index contributed by atoms with van der Waals surface area (Å²) in [5.74, 6) is -4.88. The fraction of sp³-hybridized carbons (Fsp3) is 0.417. The first-order chi connectivity index (χ1) is 9.38. The SMILES string of the molecule is CC(O)C(C)(C)NS(=O)(=O)c1cc(C(=O)O)cc(F)c1F. The fourth-order valence-electron chi connectivity index (χ4n) is 1.37. The van der Waals surface area contributed by atoms with Gasteiger partial charge in [-0.1, -0.05) is 0 Å². The van der Waals surface area contributed by atoms with Gasteiger partial charge in [-0.3, -0.25) is 0 Å². The Morgan fingerprint density at radius 2 is 1.86 bits per heavy atom. The molecule has 1 aromatic carbocycles. The molecule has 0 radical (unpaired) electrons. The summed E-state index contributed by atoms with van der Waals surface area (Å²) >= 11 is 0. The Hall–Kier alpha value is -1.58. The lowest BCUT2D eigenvalue weighted by molar-refractivity contribution is 0.0695. The quantitative estimate of drug-likeness (QED) is 0.753. The molecule has 1 unspecified atom stereocenters. The van der Waals surface area contributed by atoms with E-state index in [9.17, 15) is 27.1 Å². The maximum Gasteiger partial charge on any atom is 0.335 e. The average Bonchev–Trinajstić information content (AvgIpc) is 2.30. The van der Waals surface area contributed by atoms with Crippen LogP contribution in [0.25, 0.3) is 0 Å². The first-order valence-corrected chi connectivity index (χ1v) is 7.31. The number of sulfonamides is 1. The molecular formula is C12H15F2NO5S. The average molecular weight is 323 g/mol. The summed E-state index contributed by atoms with van der Waals surface area (Å²) in [6.45, 7) is 3.99. The van der Waals surface area contributed by atoms with E-state index >= 15 is 0 Å². The van der Waals surface area contributed by atoms with Crippen LogP contribution in [0.5, 0.6) is 0 Å². The molecule has 0 fully saturated rings. The van der Waals surface area contributed by atoms with Gasteiger partial charge in [0.25, 0.3) is 0 Å². The van der Waals surface area contributed by atoms with E-state index in [0.29, 0.717) is 12.1 Å². The number of aliphatic hydroxyl groups excluding tert-OH is 1. The Morgan fingerprint density at radius 1 is 1.33 bits per heavy atom. The van der Waals surface area contributed by atoms with E-state index in [0.717, 1.165) is 0 Å². The largest absolute Gasteiger partial charge is 0.478 e. The second kappa shape index (κ2) is 5.66. The van der Waals surface area contributed by atoms with Gasteiger partial charge in [0.15, 0.2) is 11.6 Å². The highest BCUT2D eigenvalue weighted by Crippen LogP contribution is 2.22. The molecule has 1 rings (SSSR count). The number of hydrogen-bond donors (Lipinski definition) is 3. The standard InChI is InChI=1S/C12H15F2NO5S/c1-6(16)12(2,3)15-21(19,20)9-5-7(11(17)18)4-8(13)10(9)14/h4-6,15-16H,1-3H3,(H,17,18). The van der Waals surface area contributed by atoms with Gasteiger partial charge in [0.1, 0.15) is 4.90 Å². The van der Waals surface area contributed by atoms with Crippen molar-refractivity contribution in [2.24, 2.45) is 0 Å². The van der Waals surface area contributed by atoms with Gasteiger partial charge in [-0.05, 0) is 32.9 Å². The molecule has 0 saturated heterocycles. The number of hydrogen-bond acceptors (Lipinski definition) is 4. The number of carboxylic acids is 1. The molecular weight excluding hydrogens is 308 g/mol. The first kappa shape index (κ1) is 17.5. The van der Waals surface area contributed by atoms with E-state index in [1.807, 2.05) is 4.72 Å². The molecule has 1 aromatic rings. The van der Waals surface area contributed by atoms with Gasteiger partial charge in [0, 0.05) is 0 Å². The number of aromatic carboxylic acids is 1. The van der Waals surface area contributed by atoms with E-state index in [2.05, 4.69) is 0 Å². The van der Waals surface area contributed by atoms with Crippen molar-refractivity contribution in [3.8, 4) is 0 Å². The third-order valence-electron chi connectivity index (χ3n) is 2.97. The van der Waals surface area contributed by atoms with E-state index in [-0.39, 0.29) is 0 Å². The molecule has 0 aromatic heterocycles. The Kier molecular flexibility index (Phi) is 4.71. The normalized spacial score (nSPS) is 14.0. The molecule has 0 bridgehead atoms. The van der Waals surface area contributed by atoms with Crippen LogP contribution in [0.15, 0.2) is 17.0 Å². The van der Waals surface area contributed by atoms with E-state index in [1.165, 1.54) is 20.8 Å². The van der Waals surface area contributed by atoms with Gasteiger partial charge >= 0.3 is 5.97 Å². The number of carboxylic acid groups (broad SMARTS) is 1. The van der Waals surface area contributed by atoms with Crippen molar-refractivity contribution < 1.29 is 32.2 Å². The lowest BCUT2D eigenvalue weighted by atomic mass is 10.0. The highest BCUT2D eigenvalue weighted by molar-refractivity contribution is 7.89. The molecule has 118 valence electrons. The van der Waals surface area contributed by atoms with Crippen molar-refractivity contribution in [1.82, 2.24) is 4.72 Å². The van der Waals surface area contributed by atoms with Crippen molar-refractivity contribution in [2.75, 3.05) is 0 Å². The summed E-state index contributed by atoms with van der Waals surface area (Å²) in [4.78, 5) is 9.66. The molecule has 3 N–H and O–H groups in total. The van der Waals surface area contributed by atoms with Crippen molar-refractivity contribution in [3.05, 3.63) is 29.3 Å². The molecule has 0 heterocycles. The zero-order valence-electron chi connectivity index (χ0n) is 11.5. The number of benzene rings is 1. The smallest absolute Gasteiger partial charge is 0.335 e. The van der Waals surface area contributed by atoms with Crippen LogP contribution in [-0.2, 0) is 10.0 Å². The molecule has 9 heteroatoms. The van der Waals surface area contributed by atoms with Crippen LogP contribution in [-0.4, -0.2) is 36.2 Å². The predicted octanol–water partition coefficient (Wildman–Crippen LogP) is 1.10. The highest BCUT2D eigenvalue weighted by Gasteiger charge is 2.33. The van der Waals surface area contributed by atoms with Crippen LogP contribution in [0.3, 0.4) is 0 Å². The van der Waals surface area contributed by atoms with Gasteiger partial charge < -0.3 is 10.2 Å². The number of rotatable bonds is 5. The van der Waals surface area contributed by atoms with Crippen molar-refractivity contribution in [3.63, 3.8) is 0 Å². The second-order valence-corrected chi connectivity index (χ2v) is 6.73.